The number of ether oxygens (including phenoxy) is 3. The molecule has 2 saturated heterocycles. The molecular weight excluding hydrogens is 524 g/mol. The van der Waals surface area contributed by atoms with E-state index in [2.05, 4.69) is 16.7 Å². The van der Waals surface area contributed by atoms with Gasteiger partial charge in [0.25, 0.3) is 5.56 Å². The highest BCUT2D eigenvalue weighted by Gasteiger charge is 2.28. The van der Waals surface area contributed by atoms with Gasteiger partial charge in [-0.15, -0.1) is 0 Å². The van der Waals surface area contributed by atoms with Crippen molar-refractivity contribution in [2.45, 2.75) is 25.7 Å². The monoisotopic (exact) mass is 560 g/mol. The summed E-state index contributed by atoms with van der Waals surface area (Å²) in [7, 11) is 6.53. The molecule has 0 spiro atoms. The molecule has 0 N–H and O–H groups in total. The Bertz CT molecular complexity index is 1750. The highest BCUT2D eigenvalue weighted by atomic mass is 16.5. The molecule has 11 heteroatoms. The van der Waals surface area contributed by atoms with Crippen molar-refractivity contribution in [1.82, 2.24) is 19.1 Å². The van der Waals surface area contributed by atoms with Crippen LogP contribution in [0.5, 0.6) is 11.5 Å². The predicted octanol–water partition coefficient (Wildman–Crippen LogP) is 2.73. The quantitative estimate of drug-likeness (QED) is 0.364. The lowest BCUT2D eigenvalue weighted by Gasteiger charge is -2.35. The van der Waals surface area contributed by atoms with Crippen molar-refractivity contribution in [1.29, 1.82) is 0 Å². The minimum atomic E-state index is -0.314. The molecule has 2 aromatic heterocycles. The Morgan fingerprint density at radius 1 is 0.878 bits per heavy atom. The van der Waals surface area contributed by atoms with Crippen LogP contribution in [0.3, 0.4) is 0 Å². The maximum atomic E-state index is 13.3. The van der Waals surface area contributed by atoms with E-state index in [4.69, 9.17) is 24.2 Å². The Kier molecular flexibility index (Phi) is 7.06. The van der Waals surface area contributed by atoms with Crippen LogP contribution in [-0.2, 0) is 18.8 Å². The number of fused-ring (bicyclic) bond motifs is 2. The second kappa shape index (κ2) is 10.7. The van der Waals surface area contributed by atoms with Crippen LogP contribution >= 0.6 is 0 Å². The topological polar surface area (TPSA) is 104 Å². The number of rotatable bonds is 5. The summed E-state index contributed by atoms with van der Waals surface area (Å²) in [6.07, 6.45) is 1.69. The summed E-state index contributed by atoms with van der Waals surface area (Å²) < 4.78 is 19.5. The van der Waals surface area contributed by atoms with E-state index in [0.717, 1.165) is 66.9 Å². The third kappa shape index (κ3) is 4.57. The number of anilines is 2. The number of hydrogen-bond donors (Lipinski definition) is 0. The summed E-state index contributed by atoms with van der Waals surface area (Å²) in [5.41, 5.74) is 3.05. The van der Waals surface area contributed by atoms with Crippen molar-refractivity contribution in [3.63, 3.8) is 0 Å². The molecular formula is C30H36N6O5. The van der Waals surface area contributed by atoms with Crippen LogP contribution in [0.15, 0.2) is 33.9 Å². The van der Waals surface area contributed by atoms with Gasteiger partial charge in [-0.2, -0.15) is 4.98 Å². The van der Waals surface area contributed by atoms with E-state index in [0.29, 0.717) is 41.6 Å². The number of aryl methyl sites for hydroxylation is 2. The first kappa shape index (κ1) is 27.1. The lowest BCUT2D eigenvalue weighted by molar-refractivity contribution is 0.122. The molecule has 0 radical (unpaired) electrons. The maximum absolute atomic E-state index is 13.3. The van der Waals surface area contributed by atoms with Crippen LogP contribution in [0, 0.1) is 6.92 Å². The Balaban J connectivity index is 1.39. The Labute approximate surface area is 237 Å². The smallest absolute Gasteiger partial charge is 0.330 e. The average Bonchev–Trinajstić information content (AvgIpc) is 3.01. The van der Waals surface area contributed by atoms with Crippen LogP contribution < -0.4 is 30.5 Å². The van der Waals surface area contributed by atoms with E-state index in [1.54, 1.807) is 32.9 Å². The van der Waals surface area contributed by atoms with Gasteiger partial charge in [-0.05, 0) is 48.9 Å². The summed E-state index contributed by atoms with van der Waals surface area (Å²) >= 11 is 0. The van der Waals surface area contributed by atoms with Crippen LogP contribution in [0.25, 0.3) is 21.8 Å². The molecule has 0 atom stereocenters. The minimum absolute atomic E-state index is 0.182. The lowest BCUT2D eigenvalue weighted by Crippen LogP contribution is -2.39. The van der Waals surface area contributed by atoms with Gasteiger partial charge in [-0.1, -0.05) is 6.07 Å². The third-order valence-corrected chi connectivity index (χ3v) is 8.56. The number of piperidine rings is 1. The van der Waals surface area contributed by atoms with E-state index >= 15 is 0 Å². The predicted molar refractivity (Wildman–Crippen MR) is 159 cm³/mol. The molecule has 2 aromatic carbocycles. The molecule has 2 aliphatic rings. The molecule has 6 rings (SSSR count). The molecule has 4 aromatic rings. The number of benzene rings is 2. The fourth-order valence-corrected chi connectivity index (χ4v) is 6.28. The Morgan fingerprint density at radius 2 is 1.56 bits per heavy atom. The first-order valence-electron chi connectivity index (χ1n) is 14.0. The third-order valence-electron chi connectivity index (χ3n) is 8.56. The van der Waals surface area contributed by atoms with Gasteiger partial charge in [0, 0.05) is 51.7 Å². The van der Waals surface area contributed by atoms with Crippen LogP contribution in [0.2, 0.25) is 0 Å². The summed E-state index contributed by atoms with van der Waals surface area (Å²) in [6.45, 7) is 6.33. The van der Waals surface area contributed by atoms with Gasteiger partial charge in [0.15, 0.2) is 11.5 Å². The number of methoxy groups -OCH3 is 2. The van der Waals surface area contributed by atoms with E-state index in [1.165, 1.54) is 4.57 Å². The Hall–Kier alpha value is -4.12. The van der Waals surface area contributed by atoms with E-state index in [-0.39, 0.29) is 17.2 Å². The van der Waals surface area contributed by atoms with Gasteiger partial charge in [0.1, 0.15) is 5.82 Å². The molecule has 2 aliphatic heterocycles. The highest BCUT2D eigenvalue weighted by molar-refractivity contribution is 5.93. The van der Waals surface area contributed by atoms with E-state index in [1.807, 2.05) is 24.3 Å². The van der Waals surface area contributed by atoms with Crippen molar-refractivity contribution < 1.29 is 14.2 Å². The van der Waals surface area contributed by atoms with Gasteiger partial charge in [0.2, 0.25) is 5.95 Å². The summed E-state index contributed by atoms with van der Waals surface area (Å²) in [5.74, 6) is 2.98. The Morgan fingerprint density at radius 3 is 2.24 bits per heavy atom. The molecule has 2 fully saturated rings. The van der Waals surface area contributed by atoms with E-state index < -0.39 is 0 Å². The zero-order valence-electron chi connectivity index (χ0n) is 24.3. The van der Waals surface area contributed by atoms with Gasteiger partial charge in [0.05, 0.1) is 43.9 Å². The summed E-state index contributed by atoms with van der Waals surface area (Å²) in [4.78, 5) is 40.4. The lowest BCUT2D eigenvalue weighted by atomic mass is 9.84. The number of hydrogen-bond acceptors (Lipinski definition) is 9. The minimum Gasteiger partial charge on any atom is -0.493 e. The fraction of sp³-hybridized carbons (Fsp3) is 0.467. The molecule has 216 valence electrons. The molecule has 41 heavy (non-hydrogen) atoms. The molecule has 0 saturated carbocycles. The summed E-state index contributed by atoms with van der Waals surface area (Å²) in [5, 5.41) is 1.55. The summed E-state index contributed by atoms with van der Waals surface area (Å²) in [6, 6.07) is 7.77. The van der Waals surface area contributed by atoms with Crippen LogP contribution in [0.1, 0.15) is 29.9 Å². The molecule has 0 unspecified atom stereocenters. The maximum Gasteiger partial charge on any atom is 0.330 e. The highest BCUT2D eigenvalue weighted by Crippen LogP contribution is 2.39. The van der Waals surface area contributed by atoms with Gasteiger partial charge in [-0.25, -0.2) is 9.78 Å². The normalized spacial score (nSPS) is 16.5. The van der Waals surface area contributed by atoms with Crippen molar-refractivity contribution in [3.05, 3.63) is 56.2 Å². The van der Waals surface area contributed by atoms with Crippen molar-refractivity contribution in [2.75, 3.05) is 63.4 Å². The largest absolute Gasteiger partial charge is 0.493 e. The first-order chi connectivity index (χ1) is 19.8. The number of nitrogens with zero attached hydrogens (tertiary/aromatic N) is 6. The zero-order chi connectivity index (χ0) is 28.8. The second-order valence-corrected chi connectivity index (χ2v) is 10.8. The molecule has 11 nitrogen and oxygen atoms in total. The number of aromatic nitrogens is 4. The molecule has 0 bridgehead atoms. The van der Waals surface area contributed by atoms with Crippen molar-refractivity contribution in [2.24, 2.45) is 14.1 Å². The second-order valence-electron chi connectivity index (χ2n) is 10.8. The van der Waals surface area contributed by atoms with Gasteiger partial charge < -0.3 is 24.0 Å². The van der Waals surface area contributed by atoms with Crippen LogP contribution in [-0.4, -0.2) is 72.7 Å². The van der Waals surface area contributed by atoms with E-state index in [9.17, 15) is 9.59 Å². The molecule has 0 amide bonds. The van der Waals surface area contributed by atoms with Gasteiger partial charge >= 0.3 is 5.69 Å². The zero-order valence-corrected chi connectivity index (χ0v) is 24.3. The standard InChI is InChI=1S/C30H36N6O5/c1-18-6-7-22-26(28(37)34(3)30(38)33(22)2)25(18)19-8-10-35(11-9-19)27-20-16-23(39-4)24(40-5)17-21(20)31-29(32-27)36-12-14-41-15-13-36/h6-7,16-17,19H,8-15H2,1-5H3. The van der Waals surface area contributed by atoms with Crippen LogP contribution in [0.4, 0.5) is 11.8 Å². The van der Waals surface area contributed by atoms with Crippen molar-refractivity contribution >= 4 is 33.6 Å². The SMILES string of the molecule is COc1cc2nc(N3CCOCC3)nc(N3CCC(c4c(C)ccc5c4c(=O)n(C)c(=O)n5C)CC3)c2cc1OC. The molecule has 0 aliphatic carbocycles. The number of morpholine rings is 1. The average molecular weight is 561 g/mol. The first-order valence-corrected chi connectivity index (χ1v) is 14.0. The fourth-order valence-electron chi connectivity index (χ4n) is 6.28. The van der Waals surface area contributed by atoms with Gasteiger partial charge in [-0.3, -0.25) is 13.9 Å². The van der Waals surface area contributed by atoms with Crippen molar-refractivity contribution in [3.8, 4) is 11.5 Å². The molecule has 4 heterocycles.